The van der Waals surface area contributed by atoms with E-state index in [-0.39, 0.29) is 24.2 Å². The van der Waals surface area contributed by atoms with E-state index in [9.17, 15) is 18.3 Å². The molecule has 2 atom stereocenters. The van der Waals surface area contributed by atoms with E-state index in [1.54, 1.807) is 19.9 Å². The van der Waals surface area contributed by atoms with E-state index >= 15 is 0 Å². The Morgan fingerprint density at radius 3 is 2.38 bits per heavy atom. The third kappa shape index (κ3) is 6.90. The lowest BCUT2D eigenvalue weighted by Crippen LogP contribution is -2.50. The number of carboxylic acid groups (broad SMARTS) is 1. The van der Waals surface area contributed by atoms with Gasteiger partial charge in [0.05, 0.1) is 17.0 Å². The van der Waals surface area contributed by atoms with E-state index in [4.69, 9.17) is 18.9 Å². The second kappa shape index (κ2) is 12.9. The fourth-order valence-electron chi connectivity index (χ4n) is 6.67. The maximum absolute atomic E-state index is 14.2. The molecule has 1 amide bonds. The van der Waals surface area contributed by atoms with Crippen LogP contribution in [0, 0.1) is 5.92 Å². The molecule has 0 aromatic heterocycles. The summed E-state index contributed by atoms with van der Waals surface area (Å²) in [5.41, 5.74) is 0.803. The average Bonchev–Trinajstić information content (AvgIpc) is 3.76. The van der Waals surface area contributed by atoms with Crippen molar-refractivity contribution in [3.05, 3.63) is 83.9 Å². The minimum Gasteiger partial charge on any atom is -0.489 e. The molecule has 1 aliphatic carbocycles. The van der Waals surface area contributed by atoms with E-state index in [1.165, 1.54) is 21.3 Å². The van der Waals surface area contributed by atoms with Gasteiger partial charge >= 0.3 is 6.09 Å². The number of carbonyl (C=O) groups is 1. The van der Waals surface area contributed by atoms with Crippen molar-refractivity contribution in [2.45, 2.75) is 75.3 Å². The van der Waals surface area contributed by atoms with E-state index in [0.717, 1.165) is 36.8 Å². The largest absolute Gasteiger partial charge is 0.489 e. The Kier molecular flexibility index (Phi) is 8.94. The Morgan fingerprint density at radius 1 is 0.956 bits per heavy atom. The molecule has 0 unspecified atom stereocenters. The van der Waals surface area contributed by atoms with Crippen LogP contribution < -0.4 is 14.2 Å². The van der Waals surface area contributed by atoms with Crippen LogP contribution in [0.2, 0.25) is 0 Å². The Hall–Kier alpha value is -3.80. The number of benzene rings is 3. The van der Waals surface area contributed by atoms with Gasteiger partial charge in [0.25, 0.3) is 0 Å². The predicted octanol–water partition coefficient (Wildman–Crippen LogP) is 5.90. The molecule has 0 bridgehead atoms. The van der Waals surface area contributed by atoms with Crippen molar-refractivity contribution < 1.29 is 37.3 Å². The molecular weight excluding hydrogens is 596 g/mol. The first kappa shape index (κ1) is 31.2. The molecule has 240 valence electrons. The first-order valence-electron chi connectivity index (χ1n) is 15.5. The lowest BCUT2D eigenvalue weighted by atomic mass is 9.99. The van der Waals surface area contributed by atoms with Crippen molar-refractivity contribution in [1.29, 1.82) is 0 Å². The number of ether oxygens (including phenoxy) is 4. The summed E-state index contributed by atoms with van der Waals surface area (Å²) >= 11 is 0. The Morgan fingerprint density at radius 2 is 1.67 bits per heavy atom. The fraction of sp³-hybridized carbons (Fsp3) is 0.441. The summed E-state index contributed by atoms with van der Waals surface area (Å²) in [5.74, 6) is 1.82. The molecule has 3 aromatic carbocycles. The molecule has 3 aliphatic rings. The zero-order valence-corrected chi connectivity index (χ0v) is 26.4. The number of fused-ring (bicyclic) bond motifs is 1. The first-order chi connectivity index (χ1) is 21.6. The zero-order chi connectivity index (χ0) is 31.6. The smallest absolute Gasteiger partial charge is 0.409 e. The molecule has 2 fully saturated rings. The summed E-state index contributed by atoms with van der Waals surface area (Å²) in [7, 11) is -3.97. The van der Waals surface area contributed by atoms with Gasteiger partial charge in [-0.3, -0.25) is 4.90 Å². The highest BCUT2D eigenvalue weighted by atomic mass is 32.2. The Labute approximate surface area is 264 Å². The molecular formula is C34H40N2O8S. The van der Waals surface area contributed by atoms with Crippen molar-refractivity contribution >= 4 is 16.1 Å². The average molecular weight is 637 g/mol. The maximum Gasteiger partial charge on any atom is 0.409 e. The molecule has 2 aliphatic heterocycles. The number of rotatable bonds is 11. The lowest BCUT2D eigenvalue weighted by Gasteiger charge is -2.31. The monoisotopic (exact) mass is 636 g/mol. The molecule has 1 saturated heterocycles. The summed E-state index contributed by atoms with van der Waals surface area (Å²) in [6, 6.07) is 21.5. The number of amides is 1. The van der Waals surface area contributed by atoms with E-state index in [0.29, 0.717) is 36.8 Å². The van der Waals surface area contributed by atoms with Gasteiger partial charge in [-0.15, -0.1) is 0 Å². The normalized spacial score (nSPS) is 21.0. The van der Waals surface area contributed by atoms with Crippen LogP contribution in [0.3, 0.4) is 0 Å². The molecule has 1 N–H and O–H groups in total. The second-order valence-electron chi connectivity index (χ2n) is 12.4. The highest BCUT2D eigenvalue weighted by molar-refractivity contribution is 7.89. The van der Waals surface area contributed by atoms with Crippen LogP contribution in [0.15, 0.2) is 77.7 Å². The van der Waals surface area contributed by atoms with Gasteiger partial charge in [-0.05, 0) is 74.4 Å². The van der Waals surface area contributed by atoms with Gasteiger partial charge in [0, 0.05) is 19.2 Å². The molecule has 0 spiro atoms. The summed E-state index contributed by atoms with van der Waals surface area (Å²) in [5, 5.41) is 10.3. The molecule has 0 radical (unpaired) electrons. The highest BCUT2D eigenvalue weighted by Gasteiger charge is 2.51. The Bertz CT molecular complexity index is 1590. The predicted molar refractivity (Wildman–Crippen MR) is 167 cm³/mol. The quantitative estimate of drug-likeness (QED) is 0.277. The molecule has 6 rings (SSSR count). The van der Waals surface area contributed by atoms with Crippen molar-refractivity contribution in [3.63, 3.8) is 0 Å². The van der Waals surface area contributed by atoms with Gasteiger partial charge in [-0.1, -0.05) is 55.3 Å². The molecule has 1 saturated carbocycles. The molecule has 2 heterocycles. The summed E-state index contributed by atoms with van der Waals surface area (Å²) in [6.45, 7) is 4.26. The lowest BCUT2D eigenvalue weighted by molar-refractivity contribution is -0.0691. The van der Waals surface area contributed by atoms with Gasteiger partial charge in [0.1, 0.15) is 18.1 Å². The standard InChI is InChI=1S/C34H40N2O8S/c1-34(2)36(33(37)38)29(18-24-12-14-27(15-13-24)41-22-26-10-4-3-5-11-26)32(44-34)21-35(20-25-8-6-7-9-25)45(39,40)28-16-17-30-31(19-28)43-23-42-30/h3-5,10-17,19,25,29,32H,6-9,18,20-23H2,1-2H3,(H,37,38)/t29-,32+/m0/s1. The van der Waals surface area contributed by atoms with Gasteiger partial charge in [-0.25, -0.2) is 13.2 Å². The fourth-order valence-corrected chi connectivity index (χ4v) is 8.21. The van der Waals surface area contributed by atoms with Crippen LogP contribution in [-0.4, -0.2) is 66.6 Å². The highest BCUT2D eigenvalue weighted by Crippen LogP contribution is 2.38. The van der Waals surface area contributed by atoms with Crippen molar-refractivity contribution in [1.82, 2.24) is 9.21 Å². The van der Waals surface area contributed by atoms with Crippen molar-refractivity contribution in [3.8, 4) is 17.2 Å². The molecule has 11 heteroatoms. The topological polar surface area (TPSA) is 115 Å². The molecule has 10 nitrogen and oxygen atoms in total. The van der Waals surface area contributed by atoms with Crippen LogP contribution in [0.4, 0.5) is 4.79 Å². The van der Waals surface area contributed by atoms with Crippen LogP contribution in [-0.2, 0) is 27.8 Å². The molecule has 3 aromatic rings. The van der Waals surface area contributed by atoms with Gasteiger partial charge in [0.2, 0.25) is 16.8 Å². The van der Waals surface area contributed by atoms with Crippen LogP contribution in [0.1, 0.15) is 50.7 Å². The first-order valence-corrected chi connectivity index (χ1v) is 16.9. The van der Waals surface area contributed by atoms with Crippen molar-refractivity contribution in [2.24, 2.45) is 5.92 Å². The van der Waals surface area contributed by atoms with E-state index in [2.05, 4.69) is 0 Å². The SMILES string of the molecule is CC1(C)O[C@H](CN(CC2CCCC2)S(=O)(=O)c2ccc3c(c2)OCO3)[C@H](Cc2ccc(OCc3ccccc3)cc2)N1C(=O)O. The van der Waals surface area contributed by atoms with Gasteiger partial charge in [-0.2, -0.15) is 4.31 Å². The van der Waals surface area contributed by atoms with Crippen LogP contribution >= 0.6 is 0 Å². The number of nitrogens with zero attached hydrogens (tertiary/aromatic N) is 2. The third-order valence-electron chi connectivity index (χ3n) is 8.91. The number of sulfonamides is 1. The van der Waals surface area contributed by atoms with Crippen LogP contribution in [0.5, 0.6) is 17.2 Å². The summed E-state index contributed by atoms with van der Waals surface area (Å²) < 4.78 is 53.0. The maximum atomic E-state index is 14.2. The van der Waals surface area contributed by atoms with E-state index in [1.807, 2.05) is 54.6 Å². The summed E-state index contributed by atoms with van der Waals surface area (Å²) in [6.07, 6.45) is 2.57. The van der Waals surface area contributed by atoms with Crippen LogP contribution in [0.25, 0.3) is 0 Å². The van der Waals surface area contributed by atoms with Gasteiger partial charge < -0.3 is 24.1 Å². The van der Waals surface area contributed by atoms with E-state index < -0.39 is 34.0 Å². The number of hydrogen-bond donors (Lipinski definition) is 1. The minimum atomic E-state index is -3.97. The second-order valence-corrected chi connectivity index (χ2v) is 14.4. The van der Waals surface area contributed by atoms with Crippen molar-refractivity contribution in [2.75, 3.05) is 19.9 Å². The van der Waals surface area contributed by atoms with Gasteiger partial charge in [0.15, 0.2) is 11.5 Å². The number of hydrogen-bond acceptors (Lipinski definition) is 7. The summed E-state index contributed by atoms with van der Waals surface area (Å²) in [4.78, 5) is 14.0. The molecule has 45 heavy (non-hydrogen) atoms. The third-order valence-corrected chi connectivity index (χ3v) is 10.7. The zero-order valence-electron chi connectivity index (χ0n) is 25.6. The Balaban J connectivity index is 1.24. The minimum absolute atomic E-state index is 0.0173.